The normalized spacial score (nSPS) is 9.00. The van der Waals surface area contributed by atoms with Gasteiger partial charge in [0, 0.05) is 0 Å². The van der Waals surface area contributed by atoms with E-state index in [1.54, 1.807) is 0 Å². The number of benzene rings is 1. The minimum absolute atomic E-state index is 0. The molecule has 11 heavy (non-hydrogen) atoms. The molecule has 0 unspecified atom stereocenters. The van der Waals surface area contributed by atoms with Crippen LogP contribution in [-0.2, 0) is 0 Å². The first kappa shape index (κ1) is 10.7. The molecule has 0 nitrogen and oxygen atoms in total. The molecular formula is C10H13Li. The predicted octanol–water partition coefficient (Wildman–Crippen LogP) is -0.202. The minimum Gasteiger partial charge on any atom is -0.199 e. The van der Waals surface area contributed by atoms with E-state index in [-0.39, 0.29) is 18.9 Å². The number of rotatable bonds is 0. The Morgan fingerprint density at radius 3 is 1.73 bits per heavy atom. The number of aryl methyl sites for hydroxylation is 2. The molecule has 0 spiro atoms. The van der Waals surface area contributed by atoms with Crippen molar-refractivity contribution in [2.45, 2.75) is 20.8 Å². The predicted molar refractivity (Wildman–Crippen MR) is 45.1 cm³/mol. The molecule has 0 saturated heterocycles. The monoisotopic (exact) mass is 140 g/mol. The summed E-state index contributed by atoms with van der Waals surface area (Å²) in [6.07, 6.45) is 0. The van der Waals surface area contributed by atoms with Gasteiger partial charge in [-0.25, -0.2) is 0 Å². The molecule has 1 aromatic rings. The molecule has 0 fully saturated rings. The third-order valence-electron chi connectivity index (χ3n) is 1.99. The van der Waals surface area contributed by atoms with Crippen LogP contribution in [0, 0.1) is 27.7 Å². The van der Waals surface area contributed by atoms with Gasteiger partial charge in [-0.1, -0.05) is 19.4 Å². The summed E-state index contributed by atoms with van der Waals surface area (Å²) in [4.78, 5) is 0. The Balaban J connectivity index is 0.000001000. The summed E-state index contributed by atoms with van der Waals surface area (Å²) in [5.41, 5.74) is 5.17. The van der Waals surface area contributed by atoms with Gasteiger partial charge in [0.1, 0.15) is 0 Å². The fourth-order valence-electron chi connectivity index (χ4n) is 1.13. The fourth-order valence-corrected chi connectivity index (χ4v) is 1.13. The molecule has 0 aliphatic heterocycles. The molecule has 1 rings (SSSR count). The number of hydrogen-bond acceptors (Lipinski definition) is 0. The van der Waals surface area contributed by atoms with Crippen LogP contribution in [-0.4, -0.2) is 0 Å². The summed E-state index contributed by atoms with van der Waals surface area (Å²) in [5, 5.41) is 0. The second-order valence-corrected chi connectivity index (χ2v) is 2.85. The van der Waals surface area contributed by atoms with Gasteiger partial charge in [-0.05, 0) is 6.92 Å². The van der Waals surface area contributed by atoms with Crippen molar-refractivity contribution in [1.29, 1.82) is 0 Å². The van der Waals surface area contributed by atoms with E-state index in [2.05, 4.69) is 39.8 Å². The van der Waals surface area contributed by atoms with Gasteiger partial charge >= 0.3 is 18.9 Å². The van der Waals surface area contributed by atoms with Crippen molar-refractivity contribution in [1.82, 2.24) is 0 Å². The van der Waals surface area contributed by atoms with Crippen molar-refractivity contribution in [3.8, 4) is 0 Å². The van der Waals surface area contributed by atoms with E-state index >= 15 is 0 Å². The summed E-state index contributed by atoms with van der Waals surface area (Å²) in [7, 11) is 0. The van der Waals surface area contributed by atoms with Gasteiger partial charge < -0.3 is 0 Å². The zero-order valence-corrected chi connectivity index (χ0v) is 7.86. The fraction of sp³-hybridized carbons (Fsp3) is 0.300. The zero-order valence-electron chi connectivity index (χ0n) is 7.86. The third-order valence-corrected chi connectivity index (χ3v) is 1.99. The second-order valence-electron chi connectivity index (χ2n) is 2.85. The summed E-state index contributed by atoms with van der Waals surface area (Å²) < 4.78 is 0. The Morgan fingerprint density at radius 1 is 1.00 bits per heavy atom. The molecule has 54 valence electrons. The topological polar surface area (TPSA) is 0 Å². The van der Waals surface area contributed by atoms with Gasteiger partial charge in [-0.2, -0.15) is 24.6 Å². The van der Waals surface area contributed by atoms with Crippen molar-refractivity contribution in [3.05, 3.63) is 41.3 Å². The smallest absolute Gasteiger partial charge is 0.199 e. The Labute approximate surface area is 81.2 Å². The van der Waals surface area contributed by atoms with E-state index in [0.717, 1.165) is 5.56 Å². The van der Waals surface area contributed by atoms with Gasteiger partial charge in [0.25, 0.3) is 0 Å². The van der Waals surface area contributed by atoms with Crippen LogP contribution >= 0.6 is 0 Å². The molecule has 0 heterocycles. The van der Waals surface area contributed by atoms with E-state index in [1.165, 1.54) is 16.7 Å². The summed E-state index contributed by atoms with van der Waals surface area (Å²) in [6.45, 7) is 10.3. The SMILES string of the molecule is [CH2-]c1cc(C)c(C)c(C)c1.[Li+]. The molecule has 0 atom stereocenters. The Bertz CT molecular complexity index is 228. The first-order valence-corrected chi connectivity index (χ1v) is 3.51. The molecule has 0 radical (unpaired) electrons. The second kappa shape index (κ2) is 3.90. The Kier molecular flexibility index (Phi) is 3.79. The summed E-state index contributed by atoms with van der Waals surface area (Å²) >= 11 is 0. The van der Waals surface area contributed by atoms with Crippen LogP contribution in [0.25, 0.3) is 0 Å². The first-order valence-electron chi connectivity index (χ1n) is 3.51. The van der Waals surface area contributed by atoms with Gasteiger partial charge in [0.2, 0.25) is 0 Å². The average molecular weight is 140 g/mol. The van der Waals surface area contributed by atoms with Crippen molar-refractivity contribution >= 4 is 0 Å². The average Bonchev–Trinajstić information content (AvgIpc) is 1.82. The molecule has 1 aromatic carbocycles. The van der Waals surface area contributed by atoms with E-state index in [9.17, 15) is 0 Å². The van der Waals surface area contributed by atoms with Gasteiger partial charge in [0.15, 0.2) is 0 Å². The van der Waals surface area contributed by atoms with Crippen molar-refractivity contribution in [3.63, 3.8) is 0 Å². The third kappa shape index (κ3) is 2.33. The molecule has 0 aliphatic rings. The van der Waals surface area contributed by atoms with E-state index in [1.807, 2.05) is 0 Å². The minimum atomic E-state index is 0. The van der Waals surface area contributed by atoms with Crippen molar-refractivity contribution in [2.24, 2.45) is 0 Å². The standard InChI is InChI=1S/C10H13.Li/c1-7-5-8(2)10(4)9(3)6-7;/h5-6H,1H2,2-4H3;/q-1;+1. The van der Waals surface area contributed by atoms with Crippen LogP contribution in [0.5, 0.6) is 0 Å². The quantitative estimate of drug-likeness (QED) is 0.346. The van der Waals surface area contributed by atoms with Gasteiger partial charge in [0.05, 0.1) is 0 Å². The maximum absolute atomic E-state index is 3.88. The first-order chi connectivity index (χ1) is 4.61. The summed E-state index contributed by atoms with van der Waals surface area (Å²) in [6, 6.07) is 4.23. The zero-order chi connectivity index (χ0) is 7.72. The molecule has 0 aromatic heterocycles. The molecule has 0 amide bonds. The maximum Gasteiger partial charge on any atom is 1.00 e. The van der Waals surface area contributed by atoms with Crippen LogP contribution in [0.1, 0.15) is 22.3 Å². The molecule has 1 heteroatoms. The van der Waals surface area contributed by atoms with E-state index < -0.39 is 0 Å². The number of hydrogen-bond donors (Lipinski definition) is 0. The van der Waals surface area contributed by atoms with Crippen LogP contribution in [0.4, 0.5) is 0 Å². The van der Waals surface area contributed by atoms with Crippen molar-refractivity contribution < 1.29 is 18.9 Å². The largest absolute Gasteiger partial charge is 1.00 e. The Hall–Kier alpha value is -0.313. The van der Waals surface area contributed by atoms with Gasteiger partial charge in [-0.15, -0.1) is 11.1 Å². The van der Waals surface area contributed by atoms with Gasteiger partial charge in [-0.3, -0.25) is 0 Å². The molecule has 0 N–H and O–H groups in total. The van der Waals surface area contributed by atoms with Crippen LogP contribution in [0.3, 0.4) is 0 Å². The molecule has 0 bridgehead atoms. The van der Waals surface area contributed by atoms with Crippen LogP contribution in [0.2, 0.25) is 0 Å². The Morgan fingerprint density at radius 2 is 1.36 bits per heavy atom. The maximum atomic E-state index is 3.88. The van der Waals surface area contributed by atoms with E-state index in [4.69, 9.17) is 0 Å². The van der Waals surface area contributed by atoms with Crippen LogP contribution < -0.4 is 18.9 Å². The molecule has 0 aliphatic carbocycles. The molecular weight excluding hydrogens is 127 g/mol. The van der Waals surface area contributed by atoms with Crippen molar-refractivity contribution in [2.75, 3.05) is 0 Å². The van der Waals surface area contributed by atoms with E-state index in [0.29, 0.717) is 0 Å². The summed E-state index contributed by atoms with van der Waals surface area (Å²) in [5.74, 6) is 0. The molecule has 0 saturated carbocycles. The van der Waals surface area contributed by atoms with Crippen LogP contribution in [0.15, 0.2) is 12.1 Å².